The third-order valence-electron chi connectivity index (χ3n) is 3.37. The molecule has 0 spiro atoms. The quantitative estimate of drug-likeness (QED) is 0.428. The van der Waals surface area contributed by atoms with Crippen LogP contribution >= 0.6 is 0 Å². The summed E-state index contributed by atoms with van der Waals surface area (Å²) < 4.78 is 1.89. The molecule has 0 saturated heterocycles. The minimum atomic E-state index is 0.783. The van der Waals surface area contributed by atoms with Gasteiger partial charge in [-0.1, -0.05) is 48.1 Å². The fourth-order valence-corrected chi connectivity index (χ4v) is 2.42. The van der Waals surface area contributed by atoms with Crippen LogP contribution in [0.4, 0.5) is 0 Å². The van der Waals surface area contributed by atoms with E-state index in [2.05, 4.69) is 42.1 Å². The summed E-state index contributed by atoms with van der Waals surface area (Å²) in [6, 6.07) is 18.5. The maximum absolute atomic E-state index is 8.68. The average Bonchev–Trinajstić information content (AvgIpc) is 2.90. The van der Waals surface area contributed by atoms with Crippen molar-refractivity contribution >= 4 is 23.2 Å². The van der Waals surface area contributed by atoms with Crippen LogP contribution in [0, 0.1) is 0 Å². The maximum atomic E-state index is 8.68. The number of benzene rings is 2. The van der Waals surface area contributed by atoms with Gasteiger partial charge in [0.05, 0.1) is 17.6 Å². The molecular weight excluding hydrogens is 248 g/mol. The Kier molecular flexibility index (Phi) is 3.09. The van der Waals surface area contributed by atoms with Crippen LogP contribution in [-0.4, -0.2) is 16.0 Å². The summed E-state index contributed by atoms with van der Waals surface area (Å²) in [6.07, 6.45) is 3.10. The molecule has 3 heteroatoms. The Balaban J connectivity index is 2.17. The van der Waals surface area contributed by atoms with Crippen molar-refractivity contribution in [3.05, 3.63) is 66.9 Å². The lowest BCUT2D eigenvalue weighted by molar-refractivity contribution is 0.321. The van der Waals surface area contributed by atoms with Crippen LogP contribution in [0.25, 0.3) is 28.2 Å². The van der Waals surface area contributed by atoms with Crippen molar-refractivity contribution in [2.75, 3.05) is 0 Å². The second kappa shape index (κ2) is 5.05. The number of oxime groups is 1. The van der Waals surface area contributed by atoms with Gasteiger partial charge in [-0.15, -0.1) is 0 Å². The molecule has 0 aliphatic heterocycles. The molecule has 3 rings (SSSR count). The molecule has 0 aliphatic carbocycles. The van der Waals surface area contributed by atoms with Gasteiger partial charge in [-0.05, 0) is 34.5 Å². The Morgan fingerprint density at radius 2 is 1.80 bits per heavy atom. The molecule has 1 heterocycles. The molecule has 0 saturated carbocycles. The minimum Gasteiger partial charge on any atom is -0.411 e. The van der Waals surface area contributed by atoms with Crippen LogP contribution in [0.15, 0.2) is 66.3 Å². The molecule has 20 heavy (non-hydrogen) atoms. The zero-order valence-corrected chi connectivity index (χ0v) is 10.9. The van der Waals surface area contributed by atoms with Gasteiger partial charge < -0.3 is 9.77 Å². The predicted octanol–water partition coefficient (Wildman–Crippen LogP) is 4.22. The van der Waals surface area contributed by atoms with Crippen molar-refractivity contribution in [1.29, 1.82) is 0 Å². The summed E-state index contributed by atoms with van der Waals surface area (Å²) in [5.41, 5.74) is 2.90. The Bertz CT molecular complexity index is 800. The molecule has 0 bridgehead atoms. The summed E-state index contributed by atoms with van der Waals surface area (Å²) in [6.45, 7) is 3.81. The molecule has 0 fully saturated rings. The van der Waals surface area contributed by atoms with E-state index in [9.17, 15) is 0 Å². The average molecular weight is 262 g/mol. The van der Waals surface area contributed by atoms with Crippen molar-refractivity contribution in [2.24, 2.45) is 5.16 Å². The lowest BCUT2D eigenvalue weighted by Crippen LogP contribution is -1.95. The first kappa shape index (κ1) is 12.2. The monoisotopic (exact) mass is 262 g/mol. The third-order valence-corrected chi connectivity index (χ3v) is 3.37. The molecule has 0 unspecified atom stereocenters. The van der Waals surface area contributed by atoms with Crippen LogP contribution in [0.5, 0.6) is 0 Å². The molecule has 0 amide bonds. The maximum Gasteiger partial charge on any atom is 0.0901 e. The van der Waals surface area contributed by atoms with Gasteiger partial charge in [0.15, 0.2) is 0 Å². The molecule has 2 aromatic carbocycles. The highest BCUT2D eigenvalue weighted by Gasteiger charge is 2.07. The van der Waals surface area contributed by atoms with E-state index >= 15 is 0 Å². The van der Waals surface area contributed by atoms with Crippen LogP contribution in [-0.2, 0) is 0 Å². The predicted molar refractivity (Wildman–Crippen MR) is 83.1 cm³/mol. The van der Waals surface area contributed by atoms with E-state index in [-0.39, 0.29) is 0 Å². The molecule has 98 valence electrons. The van der Waals surface area contributed by atoms with Crippen molar-refractivity contribution in [3.63, 3.8) is 0 Å². The number of nitrogens with zero attached hydrogens (tertiary/aromatic N) is 2. The molecule has 1 aromatic heterocycles. The molecule has 1 N–H and O–H groups in total. The van der Waals surface area contributed by atoms with Gasteiger partial charge in [-0.3, -0.25) is 0 Å². The van der Waals surface area contributed by atoms with Crippen LogP contribution in [0.2, 0.25) is 0 Å². The lowest BCUT2D eigenvalue weighted by Gasteiger charge is -2.07. The van der Waals surface area contributed by atoms with E-state index in [1.165, 1.54) is 17.0 Å². The molecule has 0 atom stereocenters. The summed E-state index contributed by atoms with van der Waals surface area (Å²) >= 11 is 0. The van der Waals surface area contributed by atoms with Crippen LogP contribution < -0.4 is 0 Å². The fraction of sp³-hybridized carbons (Fsp3) is 0. The zero-order chi connectivity index (χ0) is 13.9. The number of fused-ring (bicyclic) bond motifs is 1. The largest absolute Gasteiger partial charge is 0.411 e. The standard InChI is InChI=1S/C17H14N2O/c1-2-19-16(12-18-20)9-10-17(19)15-8-7-13-5-3-4-6-14(13)11-15/h2-12,20H,1H2/b18-12+. The molecule has 3 nitrogen and oxygen atoms in total. The van der Waals surface area contributed by atoms with Gasteiger partial charge in [0.1, 0.15) is 0 Å². The Morgan fingerprint density at radius 1 is 1.00 bits per heavy atom. The summed E-state index contributed by atoms with van der Waals surface area (Å²) in [4.78, 5) is 0. The molecule has 0 radical (unpaired) electrons. The van der Waals surface area contributed by atoms with E-state index < -0.39 is 0 Å². The fourth-order valence-electron chi connectivity index (χ4n) is 2.42. The summed E-state index contributed by atoms with van der Waals surface area (Å²) in [7, 11) is 0. The van der Waals surface area contributed by atoms with Crippen molar-refractivity contribution in [1.82, 2.24) is 4.57 Å². The van der Waals surface area contributed by atoms with E-state index in [1.54, 1.807) is 6.20 Å². The van der Waals surface area contributed by atoms with E-state index in [0.29, 0.717) is 0 Å². The van der Waals surface area contributed by atoms with E-state index in [1.807, 2.05) is 28.8 Å². The van der Waals surface area contributed by atoms with Gasteiger partial charge >= 0.3 is 0 Å². The van der Waals surface area contributed by atoms with Crippen LogP contribution in [0.3, 0.4) is 0 Å². The Hall–Kier alpha value is -2.81. The van der Waals surface area contributed by atoms with Gasteiger partial charge in [0.25, 0.3) is 0 Å². The first-order valence-electron chi connectivity index (χ1n) is 6.34. The Labute approximate surface area is 117 Å². The highest BCUT2D eigenvalue weighted by atomic mass is 16.4. The minimum absolute atomic E-state index is 0.783. The van der Waals surface area contributed by atoms with Crippen molar-refractivity contribution in [3.8, 4) is 11.3 Å². The van der Waals surface area contributed by atoms with E-state index in [0.717, 1.165) is 17.0 Å². The zero-order valence-electron chi connectivity index (χ0n) is 10.9. The molecular formula is C17H14N2O. The highest BCUT2D eigenvalue weighted by Crippen LogP contribution is 2.26. The Morgan fingerprint density at radius 3 is 2.55 bits per heavy atom. The van der Waals surface area contributed by atoms with Gasteiger partial charge in [-0.2, -0.15) is 0 Å². The van der Waals surface area contributed by atoms with Gasteiger partial charge in [0.2, 0.25) is 0 Å². The van der Waals surface area contributed by atoms with Crippen LogP contribution in [0.1, 0.15) is 5.69 Å². The topological polar surface area (TPSA) is 37.5 Å². The van der Waals surface area contributed by atoms with Crippen molar-refractivity contribution in [2.45, 2.75) is 0 Å². The first-order valence-corrected chi connectivity index (χ1v) is 6.34. The second-order valence-corrected chi connectivity index (χ2v) is 4.50. The lowest BCUT2D eigenvalue weighted by atomic mass is 10.1. The van der Waals surface area contributed by atoms with Gasteiger partial charge in [0, 0.05) is 6.20 Å². The third kappa shape index (κ3) is 1.99. The van der Waals surface area contributed by atoms with Crippen molar-refractivity contribution < 1.29 is 5.21 Å². The molecule has 3 aromatic rings. The second-order valence-electron chi connectivity index (χ2n) is 4.50. The summed E-state index contributed by atoms with van der Waals surface area (Å²) in [5.74, 6) is 0. The normalized spacial score (nSPS) is 11.2. The number of rotatable bonds is 3. The van der Waals surface area contributed by atoms with Gasteiger partial charge in [-0.25, -0.2) is 0 Å². The number of hydrogen-bond acceptors (Lipinski definition) is 2. The number of aromatic nitrogens is 1. The smallest absolute Gasteiger partial charge is 0.0901 e. The first-order chi connectivity index (χ1) is 9.83. The number of hydrogen-bond donors (Lipinski definition) is 1. The summed E-state index contributed by atoms with van der Waals surface area (Å²) in [5, 5.41) is 14.2. The SMILES string of the molecule is C=Cn1c(/C=N/O)ccc1-c1ccc2ccccc2c1. The highest BCUT2D eigenvalue weighted by molar-refractivity contribution is 5.88. The molecule has 0 aliphatic rings. The van der Waals surface area contributed by atoms with E-state index in [4.69, 9.17) is 5.21 Å².